The quantitative estimate of drug-likeness (QED) is 0.360. The Kier molecular flexibility index (Phi) is 3.90. The summed E-state index contributed by atoms with van der Waals surface area (Å²) in [7, 11) is 0. The second-order valence-corrected chi connectivity index (χ2v) is 6.34. The Labute approximate surface area is 107 Å². The van der Waals surface area contributed by atoms with Crippen molar-refractivity contribution in [3.05, 3.63) is 29.8 Å². The summed E-state index contributed by atoms with van der Waals surface area (Å²) in [6, 6.07) is 5.89. The Morgan fingerprint density at radius 3 is 2.38 bits per heavy atom. The van der Waals surface area contributed by atoms with E-state index in [-0.39, 0.29) is 11.3 Å². The molecule has 1 rings (SSSR count). The smallest absolute Gasteiger partial charge is 0.326 e. The van der Waals surface area contributed by atoms with E-state index in [1.807, 2.05) is 22.6 Å². The Morgan fingerprint density at radius 1 is 1.31 bits per heavy atom. The molecule has 86 valence electrons. The topological polar surface area (TPSA) is 66.4 Å². The Balaban J connectivity index is 2.98. The number of ether oxygens (including phenoxy) is 1. The van der Waals surface area contributed by atoms with Crippen LogP contribution in [0, 0.1) is 0 Å². The number of carbonyl (C=O) groups excluding carboxylic acids is 2. The second-order valence-electron chi connectivity index (χ2n) is 3.65. The number of para-hydroxylation sites is 1. The number of hydrogen-bond donors (Lipinski definition) is 0. The lowest BCUT2D eigenvalue weighted by molar-refractivity contribution is -0.255. The third-order valence-electron chi connectivity index (χ3n) is 1.80. The number of carboxylic acid groups (broad SMARTS) is 1. The van der Waals surface area contributed by atoms with Crippen LogP contribution in [0.1, 0.15) is 24.2 Å². The molecular weight excluding hydrogens is 323 g/mol. The number of carbonyl (C=O) groups is 2. The third-order valence-corrected chi connectivity index (χ3v) is 2.24. The molecule has 0 N–H and O–H groups in total. The average molecular weight is 333 g/mol. The zero-order chi connectivity index (χ0) is 12.3. The number of esters is 1. The van der Waals surface area contributed by atoms with E-state index in [4.69, 9.17) is 4.74 Å². The highest BCUT2D eigenvalue weighted by Crippen LogP contribution is 2.23. The Morgan fingerprint density at radius 2 is 1.88 bits per heavy atom. The molecule has 0 amide bonds. The van der Waals surface area contributed by atoms with Crippen molar-refractivity contribution in [1.29, 1.82) is 0 Å². The Hall–Kier alpha value is -1.11. The zero-order valence-corrected chi connectivity index (χ0v) is 11.0. The summed E-state index contributed by atoms with van der Waals surface area (Å²) in [5, 5.41) is 10.7. The normalized spacial score (nSPS) is 10.9. The van der Waals surface area contributed by atoms with Gasteiger partial charge in [-0.3, -0.25) is 4.79 Å². The zero-order valence-electron chi connectivity index (χ0n) is 8.82. The minimum absolute atomic E-state index is 0.0113. The number of rotatable bonds is 3. The van der Waals surface area contributed by atoms with Crippen LogP contribution in [0.2, 0.25) is 0 Å². The van der Waals surface area contributed by atoms with E-state index in [9.17, 15) is 14.7 Å². The van der Waals surface area contributed by atoms with Crippen LogP contribution >= 0.6 is 22.6 Å². The molecular formula is C11H10IO4-. The Bertz CT molecular complexity index is 420. The van der Waals surface area contributed by atoms with Crippen molar-refractivity contribution < 1.29 is 19.4 Å². The van der Waals surface area contributed by atoms with Gasteiger partial charge < -0.3 is 14.6 Å². The molecule has 16 heavy (non-hydrogen) atoms. The summed E-state index contributed by atoms with van der Waals surface area (Å²) in [6.07, 6.45) is 0. The van der Waals surface area contributed by atoms with Gasteiger partial charge in [0, 0.05) is 5.56 Å². The highest BCUT2D eigenvalue weighted by atomic mass is 127. The fourth-order valence-corrected chi connectivity index (χ4v) is 1.06. The third kappa shape index (κ3) is 3.19. The number of carboxylic acids is 1. The summed E-state index contributed by atoms with van der Waals surface area (Å²) >= 11 is 1.92. The van der Waals surface area contributed by atoms with Crippen molar-refractivity contribution in [3.63, 3.8) is 0 Å². The van der Waals surface area contributed by atoms with E-state index in [2.05, 4.69) is 0 Å². The maximum atomic E-state index is 11.6. The van der Waals surface area contributed by atoms with Gasteiger partial charge in [-0.1, -0.05) is 34.7 Å². The monoisotopic (exact) mass is 333 g/mol. The van der Waals surface area contributed by atoms with Gasteiger partial charge in [-0.2, -0.15) is 0 Å². The first-order valence-electron chi connectivity index (χ1n) is 4.54. The maximum Gasteiger partial charge on any atom is 0.326 e. The lowest BCUT2D eigenvalue weighted by Gasteiger charge is -2.16. The first-order chi connectivity index (χ1) is 7.32. The average Bonchev–Trinajstić information content (AvgIpc) is 2.16. The van der Waals surface area contributed by atoms with Crippen molar-refractivity contribution in [2.45, 2.75) is 17.3 Å². The maximum absolute atomic E-state index is 11.6. The molecule has 0 aliphatic carbocycles. The molecule has 1 aromatic rings. The molecule has 0 saturated carbocycles. The highest BCUT2D eigenvalue weighted by Gasteiger charge is 2.26. The molecule has 0 spiro atoms. The van der Waals surface area contributed by atoms with Crippen LogP contribution in [0.3, 0.4) is 0 Å². The summed E-state index contributed by atoms with van der Waals surface area (Å²) in [4.78, 5) is 22.3. The molecule has 5 heteroatoms. The van der Waals surface area contributed by atoms with Gasteiger partial charge in [0.05, 0.1) is 5.97 Å². The van der Waals surface area contributed by atoms with Crippen molar-refractivity contribution in [1.82, 2.24) is 0 Å². The molecule has 0 heterocycles. The molecule has 0 aromatic heterocycles. The van der Waals surface area contributed by atoms with Gasteiger partial charge in [-0.05, 0) is 26.0 Å². The summed E-state index contributed by atoms with van der Waals surface area (Å²) in [5.41, 5.74) is -0.128. The van der Waals surface area contributed by atoms with Crippen LogP contribution in [0.5, 0.6) is 5.75 Å². The molecule has 0 atom stereocenters. The van der Waals surface area contributed by atoms with Crippen molar-refractivity contribution >= 4 is 34.5 Å². The van der Waals surface area contributed by atoms with Crippen LogP contribution < -0.4 is 9.84 Å². The van der Waals surface area contributed by atoms with E-state index in [1.54, 1.807) is 19.9 Å². The fourth-order valence-electron chi connectivity index (χ4n) is 0.945. The molecule has 0 saturated heterocycles. The minimum Gasteiger partial charge on any atom is -0.545 e. The molecule has 0 aliphatic heterocycles. The van der Waals surface area contributed by atoms with Gasteiger partial charge in [-0.15, -0.1) is 0 Å². The van der Waals surface area contributed by atoms with Crippen molar-refractivity contribution in [3.8, 4) is 5.75 Å². The summed E-state index contributed by atoms with van der Waals surface area (Å²) < 4.78 is 4.29. The van der Waals surface area contributed by atoms with E-state index in [1.165, 1.54) is 18.2 Å². The van der Waals surface area contributed by atoms with Crippen molar-refractivity contribution in [2.75, 3.05) is 0 Å². The van der Waals surface area contributed by atoms with E-state index >= 15 is 0 Å². The van der Waals surface area contributed by atoms with Crippen molar-refractivity contribution in [2.24, 2.45) is 0 Å². The lowest BCUT2D eigenvalue weighted by atomic mass is 10.2. The molecule has 0 radical (unpaired) electrons. The minimum atomic E-state index is -1.37. The number of hydrogen-bond acceptors (Lipinski definition) is 4. The van der Waals surface area contributed by atoms with E-state index < -0.39 is 15.4 Å². The number of alkyl halides is 1. The first-order valence-corrected chi connectivity index (χ1v) is 5.62. The SMILES string of the molecule is CC(C)(I)C(=O)Oc1ccccc1C(=O)[O-]. The fraction of sp³-hybridized carbons (Fsp3) is 0.273. The predicted molar refractivity (Wildman–Crippen MR) is 64.5 cm³/mol. The predicted octanol–water partition coefficient (Wildman–Crippen LogP) is 1.17. The van der Waals surface area contributed by atoms with Gasteiger partial charge in [0.2, 0.25) is 0 Å². The standard InChI is InChI=1S/C11H11IO4/c1-11(2,12)10(15)16-8-6-4-3-5-7(8)9(13)14/h3-6H,1-2H3,(H,13,14)/p-1. The summed E-state index contributed by atoms with van der Waals surface area (Å²) in [5.74, 6) is -1.85. The molecule has 0 unspecified atom stereocenters. The lowest BCUT2D eigenvalue weighted by Crippen LogP contribution is -2.30. The molecule has 0 fully saturated rings. The first kappa shape index (κ1) is 13.0. The van der Waals surface area contributed by atoms with Crippen LogP contribution in [0.15, 0.2) is 24.3 Å². The second kappa shape index (κ2) is 4.82. The van der Waals surface area contributed by atoms with Crippen LogP contribution in [-0.2, 0) is 4.79 Å². The van der Waals surface area contributed by atoms with E-state index in [0.717, 1.165) is 0 Å². The van der Waals surface area contributed by atoms with Gasteiger partial charge >= 0.3 is 5.97 Å². The number of halogens is 1. The van der Waals surface area contributed by atoms with Gasteiger partial charge in [0.25, 0.3) is 0 Å². The van der Waals surface area contributed by atoms with E-state index in [0.29, 0.717) is 0 Å². The molecule has 0 bridgehead atoms. The number of aromatic carboxylic acids is 1. The molecule has 0 aliphatic rings. The number of benzene rings is 1. The highest BCUT2D eigenvalue weighted by molar-refractivity contribution is 14.1. The largest absolute Gasteiger partial charge is 0.545 e. The summed E-state index contributed by atoms with van der Waals surface area (Å²) in [6.45, 7) is 3.36. The van der Waals surface area contributed by atoms with Gasteiger partial charge in [-0.25, -0.2) is 0 Å². The molecule has 1 aromatic carbocycles. The van der Waals surface area contributed by atoms with Crippen LogP contribution in [0.4, 0.5) is 0 Å². The van der Waals surface area contributed by atoms with Gasteiger partial charge in [0.1, 0.15) is 9.17 Å². The van der Waals surface area contributed by atoms with Gasteiger partial charge in [0.15, 0.2) is 0 Å². The molecule has 4 nitrogen and oxygen atoms in total. The van der Waals surface area contributed by atoms with Crippen LogP contribution in [-0.4, -0.2) is 15.4 Å². The van der Waals surface area contributed by atoms with Crippen LogP contribution in [0.25, 0.3) is 0 Å².